The van der Waals surface area contributed by atoms with Crippen LogP contribution < -0.4 is 0 Å². The second-order valence-corrected chi connectivity index (χ2v) is 4.63. The Bertz CT molecular complexity index is 705. The molecule has 2 aromatic rings. The number of nitrogens with zero attached hydrogens (tertiary/aromatic N) is 1. The molecular weight excluding hydrogens is 294 g/mol. The van der Waals surface area contributed by atoms with Crippen LogP contribution in [0, 0.1) is 10.1 Å². The van der Waals surface area contributed by atoms with E-state index < -0.39 is 10.9 Å². The number of nitro groups is 1. The van der Waals surface area contributed by atoms with Gasteiger partial charge in [-0.2, -0.15) is 0 Å². The Morgan fingerprint density at radius 2 is 1.57 bits per heavy atom. The van der Waals surface area contributed by atoms with Gasteiger partial charge >= 0.3 is 5.97 Å². The lowest BCUT2D eigenvalue weighted by atomic mass is 10.1. The van der Waals surface area contributed by atoms with Gasteiger partial charge in [0.1, 0.15) is 0 Å². The van der Waals surface area contributed by atoms with Crippen LogP contribution in [0.25, 0.3) is 11.1 Å². The van der Waals surface area contributed by atoms with E-state index in [1.807, 2.05) is 0 Å². The molecule has 0 aliphatic heterocycles. The Morgan fingerprint density at radius 1 is 1.05 bits per heavy atom. The highest BCUT2D eigenvalue weighted by molar-refractivity contribution is 6.51. The Morgan fingerprint density at radius 3 is 2.05 bits per heavy atom. The van der Waals surface area contributed by atoms with E-state index >= 15 is 0 Å². The summed E-state index contributed by atoms with van der Waals surface area (Å²) in [6.45, 7) is 0. The van der Waals surface area contributed by atoms with Crippen LogP contribution in [-0.2, 0) is 0 Å². The molecule has 2 rings (SSSR count). The van der Waals surface area contributed by atoms with Crippen molar-refractivity contribution in [1.82, 2.24) is 0 Å². The lowest BCUT2D eigenvalue weighted by molar-refractivity contribution is -0.384. The van der Waals surface area contributed by atoms with Crippen LogP contribution in [0.4, 0.5) is 5.69 Å². The number of aromatic carboxylic acids is 1. The maximum atomic E-state index is 10.8. The zero-order chi connectivity index (χ0) is 15.4. The van der Waals surface area contributed by atoms with E-state index in [0.29, 0.717) is 16.2 Å². The van der Waals surface area contributed by atoms with Crippen molar-refractivity contribution in [2.75, 3.05) is 0 Å². The first kappa shape index (κ1) is 14.7. The molecule has 0 atom stereocenters. The molecule has 0 aliphatic carbocycles. The van der Waals surface area contributed by atoms with E-state index in [1.54, 1.807) is 30.3 Å². The topological polar surface area (TPSA) is 80.4 Å². The standard InChI is InChI=1S/C15H10ClNO4/c16-14(11-3-5-12(6-4-11)15(18)19)9-10-1-7-13(8-2-10)17(20)21/h1-9H,(H,18,19)/b14-9-. The third kappa shape index (κ3) is 3.67. The maximum absolute atomic E-state index is 10.8. The number of hydrogen-bond donors (Lipinski definition) is 1. The van der Waals surface area contributed by atoms with Gasteiger partial charge in [-0.1, -0.05) is 23.7 Å². The average Bonchev–Trinajstić information content (AvgIpc) is 2.47. The van der Waals surface area contributed by atoms with Gasteiger partial charge in [-0.15, -0.1) is 0 Å². The van der Waals surface area contributed by atoms with Crippen LogP contribution in [0.5, 0.6) is 0 Å². The fourth-order valence-electron chi connectivity index (χ4n) is 1.69. The molecular formula is C15H10ClNO4. The number of non-ortho nitro benzene ring substituents is 1. The van der Waals surface area contributed by atoms with E-state index in [2.05, 4.69) is 0 Å². The Kier molecular flexibility index (Phi) is 4.35. The Balaban J connectivity index is 2.23. The molecule has 0 bridgehead atoms. The average molecular weight is 304 g/mol. The van der Waals surface area contributed by atoms with Gasteiger partial charge in [0.05, 0.1) is 10.5 Å². The number of nitro benzene ring substituents is 1. The second kappa shape index (κ2) is 6.19. The first-order valence-corrected chi connectivity index (χ1v) is 6.30. The molecule has 0 saturated heterocycles. The summed E-state index contributed by atoms with van der Waals surface area (Å²) in [5.41, 5.74) is 1.57. The lowest BCUT2D eigenvalue weighted by Gasteiger charge is -2.01. The van der Waals surface area contributed by atoms with Gasteiger partial charge in [0.15, 0.2) is 0 Å². The summed E-state index contributed by atoms with van der Waals surface area (Å²) in [6.07, 6.45) is 1.65. The molecule has 2 aromatic carbocycles. The fourth-order valence-corrected chi connectivity index (χ4v) is 1.95. The molecule has 0 aromatic heterocycles. The molecule has 0 amide bonds. The number of carbonyl (C=O) groups is 1. The highest BCUT2D eigenvalue weighted by Crippen LogP contribution is 2.23. The lowest BCUT2D eigenvalue weighted by Crippen LogP contribution is -1.95. The number of hydrogen-bond acceptors (Lipinski definition) is 3. The van der Waals surface area contributed by atoms with Gasteiger partial charge in [0.25, 0.3) is 5.69 Å². The van der Waals surface area contributed by atoms with Crippen molar-refractivity contribution >= 4 is 34.4 Å². The molecule has 0 spiro atoms. The number of rotatable bonds is 4. The van der Waals surface area contributed by atoms with Gasteiger partial charge in [0.2, 0.25) is 0 Å². The molecule has 0 unspecified atom stereocenters. The molecule has 0 aliphatic rings. The van der Waals surface area contributed by atoms with Gasteiger partial charge < -0.3 is 5.11 Å². The molecule has 0 saturated carbocycles. The van der Waals surface area contributed by atoms with Crippen LogP contribution in [0.3, 0.4) is 0 Å². The van der Waals surface area contributed by atoms with E-state index in [4.69, 9.17) is 16.7 Å². The van der Waals surface area contributed by atoms with Crippen LogP contribution in [0.15, 0.2) is 48.5 Å². The minimum Gasteiger partial charge on any atom is -0.478 e. The first-order valence-electron chi connectivity index (χ1n) is 5.93. The summed E-state index contributed by atoms with van der Waals surface area (Å²) < 4.78 is 0. The number of carboxylic acid groups (broad SMARTS) is 1. The van der Waals surface area contributed by atoms with Crippen molar-refractivity contribution in [3.05, 3.63) is 75.3 Å². The van der Waals surface area contributed by atoms with Gasteiger partial charge in [0, 0.05) is 17.2 Å². The highest BCUT2D eigenvalue weighted by Gasteiger charge is 2.05. The quantitative estimate of drug-likeness (QED) is 0.525. The fraction of sp³-hybridized carbons (Fsp3) is 0. The SMILES string of the molecule is O=C(O)c1ccc(/C(Cl)=C/c2ccc([N+](=O)[O-])cc2)cc1. The second-order valence-electron chi connectivity index (χ2n) is 4.22. The van der Waals surface area contributed by atoms with Crippen LogP contribution in [0.2, 0.25) is 0 Å². The number of halogens is 1. The molecule has 0 heterocycles. The zero-order valence-corrected chi connectivity index (χ0v) is 11.4. The minimum absolute atomic E-state index is 0.00841. The third-order valence-electron chi connectivity index (χ3n) is 2.80. The van der Waals surface area contributed by atoms with Crippen molar-refractivity contribution in [1.29, 1.82) is 0 Å². The molecule has 0 radical (unpaired) electrons. The van der Waals surface area contributed by atoms with Crippen LogP contribution in [-0.4, -0.2) is 16.0 Å². The van der Waals surface area contributed by atoms with Crippen molar-refractivity contribution in [2.45, 2.75) is 0 Å². The smallest absolute Gasteiger partial charge is 0.335 e. The van der Waals surface area contributed by atoms with Crippen LogP contribution >= 0.6 is 11.6 Å². The summed E-state index contributed by atoms with van der Waals surface area (Å²) in [4.78, 5) is 20.8. The van der Waals surface area contributed by atoms with Gasteiger partial charge in [-0.25, -0.2) is 4.79 Å². The molecule has 6 heteroatoms. The number of benzene rings is 2. The van der Waals surface area contributed by atoms with Crippen molar-refractivity contribution in [3.63, 3.8) is 0 Å². The minimum atomic E-state index is -1.00. The third-order valence-corrected chi connectivity index (χ3v) is 3.13. The predicted molar refractivity (Wildman–Crippen MR) is 80.2 cm³/mol. The van der Waals surface area contributed by atoms with E-state index in [1.165, 1.54) is 24.3 Å². The summed E-state index contributed by atoms with van der Waals surface area (Å²) in [7, 11) is 0. The van der Waals surface area contributed by atoms with E-state index in [0.717, 1.165) is 0 Å². The van der Waals surface area contributed by atoms with Crippen molar-refractivity contribution in [3.8, 4) is 0 Å². The van der Waals surface area contributed by atoms with Crippen molar-refractivity contribution < 1.29 is 14.8 Å². The summed E-state index contributed by atoms with van der Waals surface area (Å²) >= 11 is 6.15. The molecule has 5 nitrogen and oxygen atoms in total. The predicted octanol–water partition coefficient (Wildman–Crippen LogP) is 4.03. The van der Waals surface area contributed by atoms with Crippen molar-refractivity contribution in [2.24, 2.45) is 0 Å². The zero-order valence-electron chi connectivity index (χ0n) is 10.7. The first-order chi connectivity index (χ1) is 9.97. The Hall–Kier alpha value is -2.66. The monoisotopic (exact) mass is 303 g/mol. The molecule has 21 heavy (non-hydrogen) atoms. The van der Waals surface area contributed by atoms with E-state index in [9.17, 15) is 14.9 Å². The number of carboxylic acids is 1. The normalized spacial score (nSPS) is 11.2. The van der Waals surface area contributed by atoms with Crippen LogP contribution in [0.1, 0.15) is 21.5 Å². The molecule has 1 N–H and O–H groups in total. The summed E-state index contributed by atoms with van der Waals surface area (Å²) in [5.74, 6) is -1.00. The highest BCUT2D eigenvalue weighted by atomic mass is 35.5. The van der Waals surface area contributed by atoms with Gasteiger partial charge in [-0.05, 0) is 41.5 Å². The maximum Gasteiger partial charge on any atom is 0.335 e. The molecule has 0 fully saturated rings. The largest absolute Gasteiger partial charge is 0.478 e. The van der Waals surface area contributed by atoms with E-state index in [-0.39, 0.29) is 11.3 Å². The Labute approximate surface area is 125 Å². The van der Waals surface area contributed by atoms with Gasteiger partial charge in [-0.3, -0.25) is 10.1 Å². The summed E-state index contributed by atoms with van der Waals surface area (Å²) in [6, 6.07) is 12.1. The molecule has 106 valence electrons. The summed E-state index contributed by atoms with van der Waals surface area (Å²) in [5, 5.41) is 19.8.